The molecule has 7 nitrogen and oxygen atoms in total. The molecule has 0 radical (unpaired) electrons. The Hall–Kier alpha value is -2.09. The molecule has 1 aliphatic heterocycles. The zero-order valence-electron chi connectivity index (χ0n) is 12.2. The molecule has 0 unspecified atom stereocenters. The summed E-state index contributed by atoms with van der Waals surface area (Å²) in [4.78, 5) is 24.7. The number of carbonyl (C=O) groups is 2. The molecule has 120 valence electrons. The third-order valence-corrected chi connectivity index (χ3v) is 4.05. The third-order valence-electron chi connectivity index (χ3n) is 3.44. The molecule has 8 heteroatoms. The highest BCUT2D eigenvalue weighted by Gasteiger charge is 2.33. The summed E-state index contributed by atoms with van der Waals surface area (Å²) in [6.45, 7) is 0.442. The Balaban J connectivity index is 2.09. The number of hydrogen-bond donors (Lipinski definition) is 2. The van der Waals surface area contributed by atoms with E-state index in [9.17, 15) is 18.0 Å². The Labute approximate surface area is 129 Å². The van der Waals surface area contributed by atoms with Crippen LogP contribution in [0.1, 0.15) is 18.4 Å². The van der Waals surface area contributed by atoms with Crippen LogP contribution < -0.4 is 4.72 Å². The molecule has 1 aliphatic rings. The first-order chi connectivity index (χ1) is 10.3. The predicted octanol–water partition coefficient (Wildman–Crippen LogP) is 0.676. The second-order valence-electron chi connectivity index (χ2n) is 5.33. The topological polar surface area (TPSA) is 104 Å². The fourth-order valence-electron chi connectivity index (χ4n) is 2.56. The molecule has 2 N–H and O–H groups in total. The number of sulfonamides is 1. The van der Waals surface area contributed by atoms with E-state index in [0.717, 1.165) is 6.26 Å². The van der Waals surface area contributed by atoms with Gasteiger partial charge < -0.3 is 10.0 Å². The summed E-state index contributed by atoms with van der Waals surface area (Å²) in [5, 5.41) is 9.10. The summed E-state index contributed by atoms with van der Waals surface area (Å²) in [5.74, 6) is -1.25. The largest absolute Gasteiger partial charge is 0.480 e. The smallest absolute Gasteiger partial charge is 0.326 e. The van der Waals surface area contributed by atoms with Crippen LogP contribution >= 0.6 is 0 Å². The Morgan fingerprint density at radius 1 is 1.41 bits per heavy atom. The number of anilines is 1. The highest BCUT2D eigenvalue weighted by atomic mass is 32.2. The summed E-state index contributed by atoms with van der Waals surface area (Å²) in [6.07, 6.45) is 2.24. The molecule has 1 aromatic carbocycles. The first-order valence-corrected chi connectivity index (χ1v) is 8.74. The number of benzene rings is 1. The minimum absolute atomic E-state index is 0.0447. The molecule has 2 rings (SSSR count). The first-order valence-electron chi connectivity index (χ1n) is 6.85. The van der Waals surface area contributed by atoms with Crippen molar-refractivity contribution >= 4 is 27.6 Å². The summed E-state index contributed by atoms with van der Waals surface area (Å²) >= 11 is 0. The van der Waals surface area contributed by atoms with E-state index < -0.39 is 22.0 Å². The first kappa shape index (κ1) is 16.3. The molecule has 0 bridgehead atoms. The van der Waals surface area contributed by atoms with E-state index in [4.69, 9.17) is 5.11 Å². The van der Waals surface area contributed by atoms with E-state index in [1.165, 1.54) is 4.90 Å². The van der Waals surface area contributed by atoms with Crippen molar-refractivity contribution < 1.29 is 23.1 Å². The molecule has 1 aromatic rings. The van der Waals surface area contributed by atoms with E-state index >= 15 is 0 Å². The van der Waals surface area contributed by atoms with Gasteiger partial charge in [-0.25, -0.2) is 13.2 Å². The second-order valence-corrected chi connectivity index (χ2v) is 7.08. The number of nitrogens with one attached hydrogen (secondary N) is 1. The number of carboxylic acids is 1. The number of hydrogen-bond acceptors (Lipinski definition) is 4. The number of aliphatic carboxylic acids is 1. The van der Waals surface area contributed by atoms with E-state index in [0.29, 0.717) is 30.6 Å². The van der Waals surface area contributed by atoms with Gasteiger partial charge in [-0.2, -0.15) is 0 Å². The predicted molar refractivity (Wildman–Crippen MR) is 81.0 cm³/mol. The summed E-state index contributed by atoms with van der Waals surface area (Å²) < 4.78 is 24.8. The lowest BCUT2D eigenvalue weighted by molar-refractivity contribution is -0.148. The van der Waals surface area contributed by atoms with Crippen LogP contribution in [0.25, 0.3) is 0 Å². The van der Waals surface area contributed by atoms with Gasteiger partial charge in [0.1, 0.15) is 6.04 Å². The van der Waals surface area contributed by atoms with Crippen molar-refractivity contribution in [3.63, 3.8) is 0 Å². The van der Waals surface area contributed by atoms with Gasteiger partial charge >= 0.3 is 5.97 Å². The Kier molecular flexibility index (Phi) is 4.70. The maximum absolute atomic E-state index is 12.3. The minimum Gasteiger partial charge on any atom is -0.480 e. The van der Waals surface area contributed by atoms with E-state index in [1.54, 1.807) is 24.3 Å². The zero-order chi connectivity index (χ0) is 16.3. The van der Waals surface area contributed by atoms with Gasteiger partial charge in [0.05, 0.1) is 12.7 Å². The molecule has 1 amide bonds. The molecule has 1 fully saturated rings. The van der Waals surface area contributed by atoms with Crippen LogP contribution in [0.4, 0.5) is 5.69 Å². The van der Waals surface area contributed by atoms with Crippen LogP contribution in [-0.4, -0.2) is 49.1 Å². The minimum atomic E-state index is -3.38. The highest BCUT2D eigenvalue weighted by molar-refractivity contribution is 7.92. The van der Waals surface area contributed by atoms with Crippen molar-refractivity contribution in [2.75, 3.05) is 17.5 Å². The molecular weight excluding hydrogens is 308 g/mol. The number of likely N-dealkylation sites (tertiary alicyclic amines) is 1. The summed E-state index contributed by atoms with van der Waals surface area (Å²) in [5.41, 5.74) is 1.01. The average molecular weight is 326 g/mol. The fraction of sp³-hybridized carbons (Fsp3) is 0.429. The van der Waals surface area contributed by atoms with Crippen molar-refractivity contribution in [2.24, 2.45) is 0 Å². The van der Waals surface area contributed by atoms with Gasteiger partial charge in [0, 0.05) is 12.2 Å². The van der Waals surface area contributed by atoms with Crippen molar-refractivity contribution in [2.45, 2.75) is 25.3 Å². The lowest BCUT2D eigenvalue weighted by Gasteiger charge is -2.21. The van der Waals surface area contributed by atoms with Crippen LogP contribution in [0.3, 0.4) is 0 Å². The monoisotopic (exact) mass is 326 g/mol. The van der Waals surface area contributed by atoms with Crippen molar-refractivity contribution in [1.82, 2.24) is 4.90 Å². The average Bonchev–Trinajstić information content (AvgIpc) is 2.86. The van der Waals surface area contributed by atoms with Crippen molar-refractivity contribution in [1.29, 1.82) is 0 Å². The Morgan fingerprint density at radius 2 is 2.14 bits per heavy atom. The standard InChI is InChI=1S/C14H18N2O5S/c1-22(20,21)15-11-5-2-4-10(8-11)9-13(17)16-7-3-6-12(16)14(18)19/h2,4-5,8,12,15H,3,6-7,9H2,1H3,(H,18,19)/t12-/m0/s1. The number of carboxylic acid groups (broad SMARTS) is 1. The Bertz CT molecular complexity index is 686. The van der Waals surface area contributed by atoms with Gasteiger partial charge in [0.15, 0.2) is 0 Å². The summed E-state index contributed by atoms with van der Waals surface area (Å²) in [7, 11) is -3.38. The van der Waals surface area contributed by atoms with Crippen LogP contribution in [0, 0.1) is 0 Å². The van der Waals surface area contributed by atoms with Crippen LogP contribution in [0.5, 0.6) is 0 Å². The van der Waals surface area contributed by atoms with E-state index in [1.807, 2.05) is 0 Å². The number of nitrogens with zero attached hydrogens (tertiary/aromatic N) is 1. The molecule has 1 atom stereocenters. The normalized spacial score (nSPS) is 18.2. The van der Waals surface area contributed by atoms with Crippen molar-refractivity contribution in [3.8, 4) is 0 Å². The van der Waals surface area contributed by atoms with Crippen LogP contribution in [0.2, 0.25) is 0 Å². The highest BCUT2D eigenvalue weighted by Crippen LogP contribution is 2.20. The lowest BCUT2D eigenvalue weighted by Crippen LogP contribution is -2.41. The Morgan fingerprint density at radius 3 is 2.77 bits per heavy atom. The van der Waals surface area contributed by atoms with E-state index in [2.05, 4.69) is 4.72 Å². The van der Waals surface area contributed by atoms with Crippen molar-refractivity contribution in [3.05, 3.63) is 29.8 Å². The van der Waals surface area contributed by atoms with Gasteiger partial charge in [-0.1, -0.05) is 12.1 Å². The van der Waals surface area contributed by atoms with Gasteiger partial charge in [-0.3, -0.25) is 9.52 Å². The van der Waals surface area contributed by atoms with Crippen LogP contribution in [0.15, 0.2) is 24.3 Å². The number of amides is 1. The van der Waals surface area contributed by atoms with Gasteiger partial charge in [0.25, 0.3) is 0 Å². The number of rotatable bonds is 5. The molecule has 22 heavy (non-hydrogen) atoms. The van der Waals surface area contributed by atoms with Gasteiger partial charge in [-0.05, 0) is 30.5 Å². The van der Waals surface area contributed by atoms with E-state index in [-0.39, 0.29) is 12.3 Å². The molecule has 0 aliphatic carbocycles. The molecular formula is C14H18N2O5S. The van der Waals surface area contributed by atoms with Gasteiger partial charge in [0.2, 0.25) is 15.9 Å². The summed E-state index contributed by atoms with van der Waals surface area (Å²) in [6, 6.07) is 5.76. The fourth-order valence-corrected chi connectivity index (χ4v) is 3.11. The quantitative estimate of drug-likeness (QED) is 0.828. The lowest BCUT2D eigenvalue weighted by atomic mass is 10.1. The molecule has 1 heterocycles. The number of carbonyl (C=O) groups excluding carboxylic acids is 1. The van der Waals surface area contributed by atoms with Gasteiger partial charge in [-0.15, -0.1) is 0 Å². The maximum atomic E-state index is 12.3. The molecule has 0 saturated carbocycles. The molecule has 0 aromatic heterocycles. The zero-order valence-corrected chi connectivity index (χ0v) is 13.0. The third kappa shape index (κ3) is 4.20. The maximum Gasteiger partial charge on any atom is 0.326 e. The molecule has 0 spiro atoms. The van der Waals surface area contributed by atoms with Crippen LogP contribution in [-0.2, 0) is 26.0 Å². The SMILES string of the molecule is CS(=O)(=O)Nc1cccc(CC(=O)N2CCC[C@H]2C(=O)O)c1. The molecule has 1 saturated heterocycles. The second kappa shape index (κ2) is 6.35.